The molecule has 0 radical (unpaired) electrons. The second-order valence-corrected chi connectivity index (χ2v) is 7.71. The molecular formula is C22H27N9O. The zero-order valence-corrected chi connectivity index (χ0v) is 18.6. The molecule has 166 valence electrons. The standard InChI is InChI=1S/C22H27N9O/c1-16-18(14-28(4)27-16)19-15-31(8-7-24-19)20(13-23-3)22-25-6-5-21(26-22)30-11-9-29(10-12-30)17(2)32/h5-7,13-15H,3,8-12H2,1-2,4H3/b20-13-. The molecule has 1 amide bonds. The molecule has 0 aromatic carbocycles. The quantitative estimate of drug-likeness (QED) is 0.665. The average Bonchev–Trinajstić information content (AvgIpc) is 3.15. The summed E-state index contributed by atoms with van der Waals surface area (Å²) in [5.74, 6) is 1.48. The van der Waals surface area contributed by atoms with Gasteiger partial charge in [-0.2, -0.15) is 5.10 Å². The van der Waals surface area contributed by atoms with Crippen molar-refractivity contribution >= 4 is 36.1 Å². The predicted octanol–water partition coefficient (Wildman–Crippen LogP) is 1.57. The van der Waals surface area contributed by atoms with Crippen molar-refractivity contribution in [3.05, 3.63) is 47.9 Å². The van der Waals surface area contributed by atoms with Crippen molar-refractivity contribution in [1.82, 2.24) is 29.5 Å². The van der Waals surface area contributed by atoms with Crippen LogP contribution in [-0.4, -0.2) is 81.1 Å². The zero-order chi connectivity index (χ0) is 22.7. The van der Waals surface area contributed by atoms with Crippen LogP contribution in [0.3, 0.4) is 0 Å². The number of rotatable bonds is 5. The minimum Gasteiger partial charge on any atom is -0.353 e. The summed E-state index contributed by atoms with van der Waals surface area (Å²) in [6, 6.07) is 1.89. The fraction of sp³-hybridized carbons (Fsp3) is 0.364. The van der Waals surface area contributed by atoms with Crippen LogP contribution in [-0.2, 0) is 11.8 Å². The van der Waals surface area contributed by atoms with Crippen LogP contribution in [0.1, 0.15) is 24.0 Å². The third-order valence-electron chi connectivity index (χ3n) is 5.52. The van der Waals surface area contributed by atoms with Gasteiger partial charge in [0, 0.05) is 70.5 Å². The number of aryl methyl sites for hydroxylation is 2. The first kappa shape index (κ1) is 21.4. The smallest absolute Gasteiger partial charge is 0.219 e. The Bertz CT molecular complexity index is 1110. The van der Waals surface area contributed by atoms with Crippen molar-refractivity contribution in [3.8, 4) is 0 Å². The van der Waals surface area contributed by atoms with Gasteiger partial charge in [0.25, 0.3) is 0 Å². The van der Waals surface area contributed by atoms with Gasteiger partial charge in [-0.1, -0.05) is 0 Å². The maximum Gasteiger partial charge on any atom is 0.219 e. The van der Waals surface area contributed by atoms with Crippen LogP contribution < -0.4 is 4.90 Å². The lowest BCUT2D eigenvalue weighted by molar-refractivity contribution is -0.129. The van der Waals surface area contributed by atoms with E-state index in [0.717, 1.165) is 41.6 Å². The lowest BCUT2D eigenvalue weighted by atomic mass is 10.2. The molecule has 0 N–H and O–H groups in total. The van der Waals surface area contributed by atoms with E-state index in [2.05, 4.69) is 31.7 Å². The van der Waals surface area contributed by atoms with Gasteiger partial charge in [-0.3, -0.25) is 19.5 Å². The zero-order valence-electron chi connectivity index (χ0n) is 18.6. The van der Waals surface area contributed by atoms with E-state index in [-0.39, 0.29) is 5.91 Å². The fourth-order valence-corrected chi connectivity index (χ4v) is 3.86. The molecule has 4 rings (SSSR count). The molecule has 1 fully saturated rings. The number of piperazine rings is 1. The molecule has 0 unspecified atom stereocenters. The van der Waals surface area contributed by atoms with E-state index in [1.54, 1.807) is 24.0 Å². The highest BCUT2D eigenvalue weighted by atomic mass is 16.2. The number of amides is 1. The minimum atomic E-state index is 0.105. The van der Waals surface area contributed by atoms with Gasteiger partial charge in [-0.25, -0.2) is 9.97 Å². The van der Waals surface area contributed by atoms with Crippen LogP contribution in [0.4, 0.5) is 5.82 Å². The highest BCUT2D eigenvalue weighted by Crippen LogP contribution is 2.26. The molecule has 32 heavy (non-hydrogen) atoms. The van der Waals surface area contributed by atoms with Crippen molar-refractivity contribution in [2.24, 2.45) is 17.0 Å². The van der Waals surface area contributed by atoms with Gasteiger partial charge in [0.1, 0.15) is 11.5 Å². The summed E-state index contributed by atoms with van der Waals surface area (Å²) in [7, 11) is 1.89. The van der Waals surface area contributed by atoms with Gasteiger partial charge in [-0.15, -0.1) is 0 Å². The molecule has 0 spiro atoms. The molecule has 0 saturated carbocycles. The number of carbonyl (C=O) groups excluding carboxylic acids is 1. The minimum absolute atomic E-state index is 0.105. The van der Waals surface area contributed by atoms with Gasteiger partial charge >= 0.3 is 0 Å². The number of anilines is 1. The summed E-state index contributed by atoms with van der Waals surface area (Å²) in [6.45, 7) is 10.6. The normalized spacial score (nSPS) is 16.9. The number of carbonyl (C=O) groups is 1. The van der Waals surface area contributed by atoms with Gasteiger partial charge in [0.15, 0.2) is 5.82 Å². The molecular weight excluding hydrogens is 406 g/mol. The second-order valence-electron chi connectivity index (χ2n) is 7.71. The topological polar surface area (TPSA) is 95.1 Å². The molecule has 2 aromatic heterocycles. The Morgan fingerprint density at radius 2 is 2.03 bits per heavy atom. The van der Waals surface area contributed by atoms with E-state index in [1.165, 1.54) is 0 Å². The van der Waals surface area contributed by atoms with Crippen molar-refractivity contribution < 1.29 is 4.79 Å². The van der Waals surface area contributed by atoms with E-state index in [4.69, 9.17) is 4.98 Å². The third kappa shape index (κ3) is 4.43. The second kappa shape index (κ2) is 9.13. The van der Waals surface area contributed by atoms with Crippen LogP contribution in [0.2, 0.25) is 0 Å². The van der Waals surface area contributed by atoms with Crippen molar-refractivity contribution in [2.75, 3.05) is 37.6 Å². The number of aliphatic imine (C=N–C) groups is 2. The largest absolute Gasteiger partial charge is 0.353 e. The molecule has 2 aromatic rings. The van der Waals surface area contributed by atoms with Crippen LogP contribution in [0.15, 0.2) is 40.8 Å². The molecule has 4 heterocycles. The lowest BCUT2D eigenvalue weighted by Gasteiger charge is -2.35. The fourth-order valence-electron chi connectivity index (χ4n) is 3.86. The third-order valence-corrected chi connectivity index (χ3v) is 5.52. The first-order valence-electron chi connectivity index (χ1n) is 10.5. The predicted molar refractivity (Wildman–Crippen MR) is 125 cm³/mol. The van der Waals surface area contributed by atoms with Crippen LogP contribution in [0.5, 0.6) is 0 Å². The van der Waals surface area contributed by atoms with E-state index >= 15 is 0 Å². The van der Waals surface area contributed by atoms with Crippen LogP contribution in [0, 0.1) is 6.92 Å². The first-order chi connectivity index (χ1) is 15.5. The maximum atomic E-state index is 11.6. The molecule has 1 saturated heterocycles. The number of aromatic nitrogens is 4. The number of hydrogen-bond acceptors (Lipinski definition) is 8. The summed E-state index contributed by atoms with van der Waals surface area (Å²) in [4.78, 5) is 35.5. The molecule has 10 heteroatoms. The SMILES string of the molecule is C=N/C=C(/c1nccc(N2CCN(C(C)=O)CC2)n1)N1C=C(c2cn(C)nc2C)N=CC1. The van der Waals surface area contributed by atoms with E-state index in [0.29, 0.717) is 25.5 Å². The Hall–Kier alpha value is -3.82. The summed E-state index contributed by atoms with van der Waals surface area (Å²) in [6.07, 6.45) is 9.18. The van der Waals surface area contributed by atoms with E-state index in [9.17, 15) is 4.79 Å². The van der Waals surface area contributed by atoms with E-state index < -0.39 is 0 Å². The van der Waals surface area contributed by atoms with Crippen molar-refractivity contribution in [1.29, 1.82) is 0 Å². The number of hydrogen-bond donors (Lipinski definition) is 0. The molecule has 0 atom stereocenters. The average molecular weight is 434 g/mol. The highest BCUT2D eigenvalue weighted by molar-refractivity contribution is 5.80. The van der Waals surface area contributed by atoms with E-state index in [1.807, 2.05) is 48.4 Å². The molecule has 10 nitrogen and oxygen atoms in total. The Morgan fingerprint density at radius 1 is 1.25 bits per heavy atom. The van der Waals surface area contributed by atoms with Crippen LogP contribution in [0.25, 0.3) is 11.4 Å². The maximum absolute atomic E-state index is 11.6. The summed E-state index contributed by atoms with van der Waals surface area (Å²) in [5, 5.41) is 4.42. The van der Waals surface area contributed by atoms with Crippen LogP contribution >= 0.6 is 0 Å². The Morgan fingerprint density at radius 3 is 2.69 bits per heavy atom. The Labute approximate surface area is 187 Å². The van der Waals surface area contributed by atoms with Crippen molar-refractivity contribution in [2.45, 2.75) is 13.8 Å². The molecule has 0 aliphatic carbocycles. The highest BCUT2D eigenvalue weighted by Gasteiger charge is 2.22. The summed E-state index contributed by atoms with van der Waals surface area (Å²) < 4.78 is 1.78. The van der Waals surface area contributed by atoms with Gasteiger partial charge in [-0.05, 0) is 19.7 Å². The first-order valence-corrected chi connectivity index (χ1v) is 10.5. The monoisotopic (exact) mass is 433 g/mol. The Kier molecular flexibility index (Phi) is 6.11. The molecule has 2 aliphatic rings. The number of nitrogens with zero attached hydrogens (tertiary/aromatic N) is 9. The van der Waals surface area contributed by atoms with Gasteiger partial charge < -0.3 is 14.7 Å². The molecule has 0 bridgehead atoms. The van der Waals surface area contributed by atoms with Gasteiger partial charge in [0.05, 0.1) is 24.1 Å². The Balaban J connectivity index is 1.60. The molecule has 2 aliphatic heterocycles. The van der Waals surface area contributed by atoms with Gasteiger partial charge in [0.2, 0.25) is 5.91 Å². The lowest BCUT2D eigenvalue weighted by Crippen LogP contribution is -2.48. The van der Waals surface area contributed by atoms with Crippen molar-refractivity contribution in [3.63, 3.8) is 0 Å². The summed E-state index contributed by atoms with van der Waals surface area (Å²) >= 11 is 0. The summed E-state index contributed by atoms with van der Waals surface area (Å²) in [5.41, 5.74) is 3.42.